The number of rotatable bonds is 3. The van der Waals surface area contributed by atoms with Crippen LogP contribution in [0.25, 0.3) is 0 Å². The van der Waals surface area contributed by atoms with Crippen molar-refractivity contribution in [2.24, 2.45) is 29.6 Å². The van der Waals surface area contributed by atoms with Crippen molar-refractivity contribution < 1.29 is 0 Å². The third-order valence-electron chi connectivity index (χ3n) is 6.22. The average Bonchev–Trinajstić information content (AvgIpc) is 3.01. The zero-order valence-corrected chi connectivity index (χ0v) is 12.5. The molecule has 19 heavy (non-hydrogen) atoms. The van der Waals surface area contributed by atoms with Gasteiger partial charge in [0.05, 0.1) is 12.0 Å². The van der Waals surface area contributed by atoms with Crippen LogP contribution >= 0.6 is 0 Å². The van der Waals surface area contributed by atoms with Crippen molar-refractivity contribution in [3.05, 3.63) is 0 Å². The maximum atomic E-state index is 9.39. The van der Waals surface area contributed by atoms with Crippen molar-refractivity contribution in [3.63, 3.8) is 0 Å². The normalized spacial score (nSPS) is 45.6. The topological polar surface area (TPSA) is 27.0 Å². The summed E-state index contributed by atoms with van der Waals surface area (Å²) in [6.45, 7) is 3.60. The van der Waals surface area contributed by atoms with Gasteiger partial charge in [-0.2, -0.15) is 5.26 Å². The Labute approximate surface area is 118 Å². The van der Waals surface area contributed by atoms with E-state index in [4.69, 9.17) is 0 Å². The Bertz CT molecular complexity index is 359. The lowest BCUT2D eigenvalue weighted by Crippen LogP contribution is -2.44. The molecule has 0 radical (unpaired) electrons. The highest BCUT2D eigenvalue weighted by molar-refractivity contribution is 4.98. The zero-order valence-electron chi connectivity index (χ0n) is 12.5. The van der Waals surface area contributed by atoms with Crippen molar-refractivity contribution in [3.8, 4) is 6.07 Å². The van der Waals surface area contributed by atoms with E-state index >= 15 is 0 Å². The van der Waals surface area contributed by atoms with Gasteiger partial charge in [0.25, 0.3) is 0 Å². The Morgan fingerprint density at radius 3 is 2.58 bits per heavy atom. The summed E-state index contributed by atoms with van der Waals surface area (Å²) in [5.74, 6) is 4.06. The molecule has 0 heterocycles. The third kappa shape index (κ3) is 2.68. The van der Waals surface area contributed by atoms with Gasteiger partial charge in [0.2, 0.25) is 0 Å². The third-order valence-corrected chi connectivity index (χ3v) is 6.22. The van der Waals surface area contributed by atoms with E-state index in [-0.39, 0.29) is 5.92 Å². The van der Waals surface area contributed by atoms with E-state index in [1.165, 1.54) is 45.1 Å². The summed E-state index contributed by atoms with van der Waals surface area (Å²) in [5, 5.41) is 9.39. The van der Waals surface area contributed by atoms with Crippen LogP contribution in [0.4, 0.5) is 0 Å². The molecule has 3 saturated carbocycles. The lowest BCUT2D eigenvalue weighted by molar-refractivity contribution is 0.102. The Morgan fingerprint density at radius 1 is 1.11 bits per heavy atom. The van der Waals surface area contributed by atoms with Gasteiger partial charge in [-0.1, -0.05) is 13.3 Å². The summed E-state index contributed by atoms with van der Waals surface area (Å²) >= 11 is 0. The van der Waals surface area contributed by atoms with Crippen LogP contribution < -0.4 is 0 Å². The molecule has 0 saturated heterocycles. The van der Waals surface area contributed by atoms with E-state index in [0.29, 0.717) is 6.04 Å². The van der Waals surface area contributed by atoms with Gasteiger partial charge in [-0.3, -0.25) is 0 Å². The van der Waals surface area contributed by atoms with Crippen molar-refractivity contribution in [2.75, 3.05) is 13.6 Å². The molecule has 0 N–H and O–H groups in total. The standard InChI is InChI=1S/C17H28N2/c1-12-3-5-15(10-18)17(7-12)19(2)11-16-9-13-4-6-14(16)8-13/h12-17H,3-9,11H2,1-2H3. The molecule has 0 aromatic heterocycles. The Balaban J connectivity index is 1.59. The lowest BCUT2D eigenvalue weighted by Gasteiger charge is -2.39. The molecule has 6 atom stereocenters. The molecule has 3 rings (SSSR count). The van der Waals surface area contributed by atoms with Crippen molar-refractivity contribution in [1.29, 1.82) is 5.26 Å². The molecule has 0 amide bonds. The first kappa shape index (κ1) is 13.4. The minimum Gasteiger partial charge on any atom is -0.302 e. The molecule has 0 aliphatic heterocycles. The van der Waals surface area contributed by atoms with Crippen LogP contribution in [0.15, 0.2) is 0 Å². The van der Waals surface area contributed by atoms with Crippen molar-refractivity contribution in [1.82, 2.24) is 4.90 Å². The highest BCUT2D eigenvalue weighted by Gasteiger charge is 2.41. The Morgan fingerprint density at radius 2 is 1.95 bits per heavy atom. The monoisotopic (exact) mass is 260 g/mol. The molecule has 2 heteroatoms. The first-order valence-corrected chi connectivity index (χ1v) is 8.27. The van der Waals surface area contributed by atoms with Crippen LogP contribution in [0.5, 0.6) is 0 Å². The number of fused-ring (bicyclic) bond motifs is 2. The Hall–Kier alpha value is -0.550. The average molecular weight is 260 g/mol. The van der Waals surface area contributed by atoms with E-state index in [9.17, 15) is 5.26 Å². The van der Waals surface area contributed by atoms with Gasteiger partial charge in [-0.25, -0.2) is 0 Å². The fraction of sp³-hybridized carbons (Fsp3) is 0.941. The van der Waals surface area contributed by atoms with E-state index in [1.54, 1.807) is 0 Å². The minimum atomic E-state index is 0.278. The molecular formula is C17H28N2. The summed E-state index contributed by atoms with van der Waals surface area (Å²) in [7, 11) is 2.28. The predicted molar refractivity (Wildman–Crippen MR) is 77.5 cm³/mol. The van der Waals surface area contributed by atoms with Gasteiger partial charge in [-0.05, 0) is 69.2 Å². The van der Waals surface area contributed by atoms with Gasteiger partial charge in [-0.15, -0.1) is 0 Å². The summed E-state index contributed by atoms with van der Waals surface area (Å²) in [4.78, 5) is 2.55. The highest BCUT2D eigenvalue weighted by atomic mass is 15.1. The second-order valence-corrected chi connectivity index (χ2v) is 7.60. The SMILES string of the molecule is CC1CCC(C#N)C(N(C)CC2CC3CCC2C3)C1. The maximum absolute atomic E-state index is 9.39. The molecule has 0 aromatic rings. The molecule has 106 valence electrons. The van der Waals surface area contributed by atoms with Crippen LogP contribution in [0.3, 0.4) is 0 Å². The van der Waals surface area contributed by atoms with Gasteiger partial charge in [0.1, 0.15) is 0 Å². The van der Waals surface area contributed by atoms with E-state index in [1.807, 2.05) is 0 Å². The first-order valence-electron chi connectivity index (χ1n) is 8.27. The zero-order chi connectivity index (χ0) is 13.4. The van der Waals surface area contributed by atoms with Crippen LogP contribution in [0.2, 0.25) is 0 Å². The molecule has 0 spiro atoms. The van der Waals surface area contributed by atoms with Crippen LogP contribution in [-0.4, -0.2) is 24.5 Å². The van der Waals surface area contributed by atoms with Gasteiger partial charge in [0.15, 0.2) is 0 Å². The molecule has 2 nitrogen and oxygen atoms in total. The number of hydrogen-bond donors (Lipinski definition) is 0. The summed E-state index contributed by atoms with van der Waals surface area (Å²) in [5.41, 5.74) is 0. The van der Waals surface area contributed by atoms with Crippen LogP contribution in [0, 0.1) is 40.9 Å². The maximum Gasteiger partial charge on any atom is 0.0672 e. The Kier molecular flexibility index (Phi) is 3.85. The molecule has 3 fully saturated rings. The number of hydrogen-bond acceptors (Lipinski definition) is 2. The molecule has 3 aliphatic rings. The number of nitriles is 1. The van der Waals surface area contributed by atoms with E-state index in [2.05, 4.69) is 24.9 Å². The quantitative estimate of drug-likeness (QED) is 0.774. The minimum absolute atomic E-state index is 0.278. The second-order valence-electron chi connectivity index (χ2n) is 7.60. The van der Waals surface area contributed by atoms with Gasteiger partial charge >= 0.3 is 0 Å². The molecule has 0 aromatic carbocycles. The molecule has 6 unspecified atom stereocenters. The lowest BCUT2D eigenvalue weighted by atomic mass is 9.78. The summed E-state index contributed by atoms with van der Waals surface area (Å²) < 4.78 is 0. The first-order chi connectivity index (χ1) is 9.17. The van der Waals surface area contributed by atoms with E-state index in [0.717, 1.165) is 30.1 Å². The molecular weight excluding hydrogens is 232 g/mol. The highest BCUT2D eigenvalue weighted by Crippen LogP contribution is 2.48. The van der Waals surface area contributed by atoms with Gasteiger partial charge < -0.3 is 4.90 Å². The van der Waals surface area contributed by atoms with Gasteiger partial charge in [0, 0.05) is 12.6 Å². The summed E-state index contributed by atoms with van der Waals surface area (Å²) in [6.07, 6.45) is 9.53. The van der Waals surface area contributed by atoms with Crippen molar-refractivity contribution >= 4 is 0 Å². The fourth-order valence-corrected chi connectivity index (χ4v) is 5.09. The van der Waals surface area contributed by atoms with E-state index < -0.39 is 0 Å². The second kappa shape index (κ2) is 5.44. The smallest absolute Gasteiger partial charge is 0.0672 e. The molecule has 2 bridgehead atoms. The van der Waals surface area contributed by atoms with Crippen molar-refractivity contribution in [2.45, 2.75) is 57.9 Å². The molecule has 3 aliphatic carbocycles. The van der Waals surface area contributed by atoms with Crippen LogP contribution in [0.1, 0.15) is 51.9 Å². The predicted octanol–water partition coefficient (Wildman–Crippen LogP) is 3.68. The van der Waals surface area contributed by atoms with Crippen LogP contribution in [-0.2, 0) is 0 Å². The fourth-order valence-electron chi connectivity index (χ4n) is 5.09. The largest absolute Gasteiger partial charge is 0.302 e. The number of nitrogens with zero attached hydrogens (tertiary/aromatic N) is 2. The summed E-state index contributed by atoms with van der Waals surface area (Å²) in [6, 6.07) is 3.09.